The van der Waals surface area contributed by atoms with Gasteiger partial charge in [0.05, 0.1) is 6.61 Å². The maximum atomic E-state index is 11.6. The Morgan fingerprint density at radius 1 is 1.27 bits per heavy atom. The molecule has 0 atom stereocenters. The Balaban J connectivity index is 1.75. The number of aromatic nitrogens is 4. The van der Waals surface area contributed by atoms with E-state index < -0.39 is 6.61 Å². The molecule has 1 heterocycles. The molecule has 0 fully saturated rings. The number of H-pyrrole nitrogens is 1. The van der Waals surface area contributed by atoms with Crippen LogP contribution in [0.4, 0.5) is 0 Å². The number of aryl methyl sites for hydroxylation is 1. The van der Waals surface area contributed by atoms with Crippen molar-refractivity contribution in [2.75, 3.05) is 13.2 Å². The van der Waals surface area contributed by atoms with E-state index in [1.807, 2.05) is 13.0 Å². The zero-order valence-corrected chi connectivity index (χ0v) is 15.8. The number of hydrogen-bond acceptors (Lipinski definition) is 6. The van der Waals surface area contributed by atoms with E-state index in [1.165, 1.54) is 0 Å². The average Bonchev–Trinajstić information content (AvgIpc) is 3.19. The molecule has 0 aliphatic heterocycles. The van der Waals surface area contributed by atoms with Crippen molar-refractivity contribution in [2.24, 2.45) is 0 Å². The summed E-state index contributed by atoms with van der Waals surface area (Å²) in [6, 6.07) is 5.34. The largest absolute Gasteiger partial charge is 0.493 e. The molecule has 0 aliphatic carbocycles. The molecule has 0 saturated heterocycles. The van der Waals surface area contributed by atoms with Gasteiger partial charge in [-0.3, -0.25) is 4.79 Å². The smallest absolute Gasteiger partial charge is 0.188 e. The van der Waals surface area contributed by atoms with Crippen LogP contribution in [0.25, 0.3) is 0 Å². The SMILES string of the molecule is CCc1cc(C(=O)CO)ccc1OCCCCCC(C)(C)c1nn[nH]n1. The third kappa shape index (κ3) is 5.36. The summed E-state index contributed by atoms with van der Waals surface area (Å²) in [7, 11) is 0. The molecule has 26 heavy (non-hydrogen) atoms. The highest BCUT2D eigenvalue weighted by atomic mass is 16.5. The number of ether oxygens (including phenoxy) is 1. The maximum absolute atomic E-state index is 11.6. The molecule has 2 aromatic rings. The van der Waals surface area contributed by atoms with Crippen molar-refractivity contribution in [3.05, 3.63) is 35.2 Å². The van der Waals surface area contributed by atoms with E-state index in [2.05, 4.69) is 34.5 Å². The normalized spacial score (nSPS) is 11.5. The molecule has 2 N–H and O–H groups in total. The first-order valence-electron chi connectivity index (χ1n) is 9.11. The number of tetrazole rings is 1. The van der Waals surface area contributed by atoms with Crippen LogP contribution in [-0.2, 0) is 11.8 Å². The van der Waals surface area contributed by atoms with Crippen molar-refractivity contribution in [3.8, 4) is 5.75 Å². The van der Waals surface area contributed by atoms with Crippen molar-refractivity contribution in [1.29, 1.82) is 0 Å². The molecule has 1 aromatic heterocycles. The molecule has 0 saturated carbocycles. The second-order valence-corrected chi connectivity index (χ2v) is 7.04. The monoisotopic (exact) mass is 360 g/mol. The number of aliphatic hydroxyl groups excluding tert-OH is 1. The summed E-state index contributed by atoms with van der Waals surface area (Å²) in [6.45, 7) is 6.44. The summed E-state index contributed by atoms with van der Waals surface area (Å²) in [5.74, 6) is 1.29. The lowest BCUT2D eigenvalue weighted by Crippen LogP contribution is -2.19. The number of aliphatic hydroxyl groups is 1. The van der Waals surface area contributed by atoms with Crippen LogP contribution in [0.1, 0.15) is 68.2 Å². The predicted octanol–water partition coefficient (Wildman–Crippen LogP) is 2.85. The Morgan fingerprint density at radius 2 is 2.08 bits per heavy atom. The predicted molar refractivity (Wildman–Crippen MR) is 98.4 cm³/mol. The van der Waals surface area contributed by atoms with Crippen LogP contribution in [0.5, 0.6) is 5.75 Å². The number of benzene rings is 1. The number of hydrogen-bond donors (Lipinski definition) is 2. The topological polar surface area (TPSA) is 101 Å². The highest BCUT2D eigenvalue weighted by molar-refractivity contribution is 5.97. The van der Waals surface area contributed by atoms with Crippen LogP contribution < -0.4 is 4.74 Å². The number of ketones is 1. The van der Waals surface area contributed by atoms with Crippen LogP contribution >= 0.6 is 0 Å². The van der Waals surface area contributed by atoms with Gasteiger partial charge < -0.3 is 9.84 Å². The van der Waals surface area contributed by atoms with E-state index >= 15 is 0 Å². The number of carbonyl (C=O) groups excluding carboxylic acids is 1. The van der Waals surface area contributed by atoms with Crippen molar-refractivity contribution >= 4 is 5.78 Å². The molecular weight excluding hydrogens is 332 g/mol. The van der Waals surface area contributed by atoms with Gasteiger partial charge in [-0.25, -0.2) is 0 Å². The van der Waals surface area contributed by atoms with Crippen molar-refractivity contribution in [1.82, 2.24) is 20.6 Å². The molecule has 1 aromatic carbocycles. The Hall–Kier alpha value is -2.28. The van der Waals surface area contributed by atoms with Crippen LogP contribution in [0.2, 0.25) is 0 Å². The lowest BCUT2D eigenvalue weighted by atomic mass is 9.86. The van der Waals surface area contributed by atoms with Crippen molar-refractivity contribution in [2.45, 2.75) is 58.3 Å². The molecule has 0 spiro atoms. The van der Waals surface area contributed by atoms with Crippen LogP contribution in [0, 0.1) is 0 Å². The molecule has 0 aliphatic rings. The van der Waals surface area contributed by atoms with E-state index in [4.69, 9.17) is 9.84 Å². The van der Waals surface area contributed by atoms with Gasteiger partial charge in [0.1, 0.15) is 12.4 Å². The Morgan fingerprint density at radius 3 is 2.73 bits per heavy atom. The van der Waals surface area contributed by atoms with E-state index in [0.717, 1.165) is 49.2 Å². The first-order valence-corrected chi connectivity index (χ1v) is 9.11. The quantitative estimate of drug-likeness (QED) is 0.472. The molecule has 0 radical (unpaired) electrons. The summed E-state index contributed by atoms with van der Waals surface area (Å²) in [5.41, 5.74) is 1.43. The fourth-order valence-corrected chi connectivity index (χ4v) is 2.85. The molecule has 0 bridgehead atoms. The first kappa shape index (κ1) is 20.0. The number of rotatable bonds is 11. The summed E-state index contributed by atoms with van der Waals surface area (Å²) < 4.78 is 5.89. The number of nitrogens with zero attached hydrogens (tertiary/aromatic N) is 3. The van der Waals surface area contributed by atoms with Crippen LogP contribution in [-0.4, -0.2) is 44.7 Å². The van der Waals surface area contributed by atoms with Crippen LogP contribution in [0.15, 0.2) is 18.2 Å². The fraction of sp³-hybridized carbons (Fsp3) is 0.579. The highest BCUT2D eigenvalue weighted by Gasteiger charge is 2.24. The Labute approximate surface area is 154 Å². The number of aromatic amines is 1. The number of Topliss-reactive ketones (excluding diaryl/α,β-unsaturated/α-hetero) is 1. The Bertz CT molecular complexity index is 699. The van der Waals surface area contributed by atoms with Crippen LogP contribution in [0.3, 0.4) is 0 Å². The van der Waals surface area contributed by atoms with E-state index in [1.54, 1.807) is 12.1 Å². The van der Waals surface area contributed by atoms with Gasteiger partial charge in [0.15, 0.2) is 11.6 Å². The molecular formula is C19H28N4O3. The summed E-state index contributed by atoms with van der Waals surface area (Å²) in [5, 5.41) is 23.3. The maximum Gasteiger partial charge on any atom is 0.188 e. The van der Waals surface area contributed by atoms with Gasteiger partial charge in [-0.1, -0.05) is 38.8 Å². The molecule has 7 heteroatoms. The fourth-order valence-electron chi connectivity index (χ4n) is 2.85. The van der Waals surface area contributed by atoms with Gasteiger partial charge in [-0.2, -0.15) is 5.21 Å². The second-order valence-electron chi connectivity index (χ2n) is 7.04. The highest BCUT2D eigenvalue weighted by Crippen LogP contribution is 2.26. The average molecular weight is 360 g/mol. The number of unbranched alkanes of at least 4 members (excludes halogenated alkanes) is 2. The lowest BCUT2D eigenvalue weighted by Gasteiger charge is -2.19. The minimum absolute atomic E-state index is 0.0850. The van der Waals surface area contributed by atoms with Gasteiger partial charge in [0, 0.05) is 11.0 Å². The van der Waals surface area contributed by atoms with E-state index in [0.29, 0.717) is 12.2 Å². The van der Waals surface area contributed by atoms with Gasteiger partial charge in [-0.05, 0) is 43.0 Å². The lowest BCUT2D eigenvalue weighted by molar-refractivity contribution is 0.0903. The van der Waals surface area contributed by atoms with Gasteiger partial charge in [0.25, 0.3) is 0 Å². The number of carbonyl (C=O) groups is 1. The van der Waals surface area contributed by atoms with Gasteiger partial charge >= 0.3 is 0 Å². The first-order chi connectivity index (χ1) is 12.5. The molecule has 7 nitrogen and oxygen atoms in total. The summed E-state index contributed by atoms with van der Waals surface area (Å²) in [6.07, 6.45) is 4.85. The minimum atomic E-state index is -0.469. The van der Waals surface area contributed by atoms with Gasteiger partial charge in [-0.15, -0.1) is 10.2 Å². The van der Waals surface area contributed by atoms with E-state index in [9.17, 15) is 4.79 Å². The zero-order chi connectivity index (χ0) is 19.0. The summed E-state index contributed by atoms with van der Waals surface area (Å²) >= 11 is 0. The van der Waals surface area contributed by atoms with Crippen molar-refractivity contribution < 1.29 is 14.6 Å². The molecule has 0 amide bonds. The third-order valence-corrected chi connectivity index (χ3v) is 4.56. The molecule has 142 valence electrons. The minimum Gasteiger partial charge on any atom is -0.493 e. The summed E-state index contributed by atoms with van der Waals surface area (Å²) in [4.78, 5) is 11.6. The number of nitrogens with one attached hydrogen (secondary N) is 1. The van der Waals surface area contributed by atoms with Gasteiger partial charge in [0.2, 0.25) is 0 Å². The third-order valence-electron chi connectivity index (χ3n) is 4.56. The molecule has 0 unspecified atom stereocenters. The second kappa shape index (κ2) is 9.43. The van der Waals surface area contributed by atoms with E-state index in [-0.39, 0.29) is 11.2 Å². The Kier molecular flexibility index (Phi) is 7.26. The zero-order valence-electron chi connectivity index (χ0n) is 15.8. The van der Waals surface area contributed by atoms with Crippen molar-refractivity contribution in [3.63, 3.8) is 0 Å². The molecule has 2 rings (SSSR count). The standard InChI is InChI=1S/C19H28N4O3/c1-4-14-12-15(16(25)13-24)8-9-17(14)26-11-7-5-6-10-19(2,3)18-20-22-23-21-18/h8-9,12,24H,4-7,10-11,13H2,1-3H3,(H,20,21,22,23).